The molecule has 1 aromatic rings. The van der Waals surface area contributed by atoms with Crippen LogP contribution in [0.3, 0.4) is 0 Å². The number of aryl methyl sites for hydroxylation is 1. The predicted molar refractivity (Wildman–Crippen MR) is 69.1 cm³/mol. The van der Waals surface area contributed by atoms with Gasteiger partial charge in [-0.2, -0.15) is 0 Å². The molecule has 1 N–H and O–H groups in total. The zero-order valence-electron chi connectivity index (χ0n) is 10.7. The van der Waals surface area contributed by atoms with Crippen LogP contribution < -0.4 is 5.32 Å². The molecule has 3 nitrogen and oxygen atoms in total. The second-order valence-corrected chi connectivity index (χ2v) is 4.99. The second kappa shape index (κ2) is 4.88. The van der Waals surface area contributed by atoms with Gasteiger partial charge in [0.25, 0.3) is 5.91 Å². The first-order chi connectivity index (χ1) is 8.08. The summed E-state index contributed by atoms with van der Waals surface area (Å²) in [5.41, 5.74) is 1.88. The molecule has 1 aliphatic heterocycles. The Balaban J connectivity index is 2.17. The maximum atomic E-state index is 12.4. The highest BCUT2D eigenvalue weighted by Crippen LogP contribution is 2.13. The Morgan fingerprint density at radius 3 is 2.41 bits per heavy atom. The van der Waals surface area contributed by atoms with Crippen molar-refractivity contribution in [1.29, 1.82) is 0 Å². The highest BCUT2D eigenvalue weighted by molar-refractivity contribution is 5.95. The summed E-state index contributed by atoms with van der Waals surface area (Å²) >= 11 is 0. The fourth-order valence-corrected chi connectivity index (χ4v) is 2.48. The Bertz CT molecular complexity index is 406. The van der Waals surface area contributed by atoms with E-state index in [1.165, 1.54) is 0 Å². The molecule has 1 amide bonds. The van der Waals surface area contributed by atoms with Crippen molar-refractivity contribution in [3.8, 4) is 0 Å². The van der Waals surface area contributed by atoms with Crippen LogP contribution >= 0.6 is 0 Å². The smallest absolute Gasteiger partial charge is 0.254 e. The average molecular weight is 232 g/mol. The van der Waals surface area contributed by atoms with Gasteiger partial charge in [-0.15, -0.1) is 0 Å². The molecule has 2 rings (SSSR count). The van der Waals surface area contributed by atoms with Gasteiger partial charge in [0, 0.05) is 30.7 Å². The number of carbonyl (C=O) groups is 1. The summed E-state index contributed by atoms with van der Waals surface area (Å²) in [5, 5.41) is 3.44. The molecule has 92 valence electrons. The molecule has 1 aromatic carbocycles. The van der Waals surface area contributed by atoms with Crippen LogP contribution in [0.2, 0.25) is 0 Å². The van der Waals surface area contributed by atoms with E-state index in [-0.39, 0.29) is 5.91 Å². The van der Waals surface area contributed by atoms with Gasteiger partial charge in [-0.1, -0.05) is 18.2 Å². The van der Waals surface area contributed by atoms with Gasteiger partial charge in [0.2, 0.25) is 0 Å². The lowest BCUT2D eigenvalue weighted by Crippen LogP contribution is -2.55. The highest BCUT2D eigenvalue weighted by atomic mass is 16.2. The molecule has 1 aliphatic rings. The number of carbonyl (C=O) groups excluding carboxylic acids is 1. The summed E-state index contributed by atoms with van der Waals surface area (Å²) in [4.78, 5) is 14.4. The summed E-state index contributed by atoms with van der Waals surface area (Å²) in [7, 11) is 0. The average Bonchev–Trinajstić information content (AvgIpc) is 2.27. The number of benzene rings is 1. The maximum absolute atomic E-state index is 12.4. The molecule has 0 spiro atoms. The number of hydrogen-bond acceptors (Lipinski definition) is 2. The number of piperazine rings is 1. The third-order valence-corrected chi connectivity index (χ3v) is 3.22. The van der Waals surface area contributed by atoms with E-state index in [2.05, 4.69) is 19.2 Å². The lowest BCUT2D eigenvalue weighted by atomic mass is 10.1. The second-order valence-electron chi connectivity index (χ2n) is 4.99. The first-order valence-corrected chi connectivity index (χ1v) is 6.19. The zero-order chi connectivity index (χ0) is 12.4. The van der Waals surface area contributed by atoms with Gasteiger partial charge in [0.05, 0.1) is 0 Å². The first kappa shape index (κ1) is 12.1. The molecular formula is C14H20N2O. The van der Waals surface area contributed by atoms with Gasteiger partial charge in [-0.3, -0.25) is 4.79 Å². The molecule has 0 aromatic heterocycles. The number of rotatable bonds is 1. The molecule has 17 heavy (non-hydrogen) atoms. The van der Waals surface area contributed by atoms with Gasteiger partial charge in [-0.05, 0) is 32.4 Å². The molecule has 1 saturated heterocycles. The Hall–Kier alpha value is -1.35. The van der Waals surface area contributed by atoms with Crippen molar-refractivity contribution in [2.75, 3.05) is 13.1 Å². The first-order valence-electron chi connectivity index (χ1n) is 6.19. The van der Waals surface area contributed by atoms with E-state index in [1.54, 1.807) is 0 Å². The number of hydrogen-bond donors (Lipinski definition) is 1. The third kappa shape index (κ3) is 2.67. The molecule has 2 unspecified atom stereocenters. The molecule has 2 atom stereocenters. The van der Waals surface area contributed by atoms with Crippen LogP contribution in [0.5, 0.6) is 0 Å². The minimum atomic E-state index is 0.156. The van der Waals surface area contributed by atoms with Crippen molar-refractivity contribution < 1.29 is 4.79 Å². The van der Waals surface area contributed by atoms with Crippen molar-refractivity contribution in [3.05, 3.63) is 35.4 Å². The van der Waals surface area contributed by atoms with Crippen molar-refractivity contribution in [1.82, 2.24) is 10.2 Å². The monoisotopic (exact) mass is 232 g/mol. The SMILES string of the molecule is Cc1ccccc1C(=O)N1CC(C)NC(C)C1. The van der Waals surface area contributed by atoms with Crippen LogP contribution in [-0.4, -0.2) is 36.0 Å². The molecule has 1 heterocycles. The van der Waals surface area contributed by atoms with Crippen LogP contribution in [0, 0.1) is 6.92 Å². The molecule has 0 bridgehead atoms. The standard InChI is InChI=1S/C14H20N2O/c1-10-6-4-5-7-13(10)14(17)16-8-11(2)15-12(3)9-16/h4-7,11-12,15H,8-9H2,1-3H3. The molecular weight excluding hydrogens is 212 g/mol. The normalized spacial score (nSPS) is 24.8. The minimum Gasteiger partial charge on any atom is -0.336 e. The van der Waals surface area contributed by atoms with Crippen molar-refractivity contribution in [2.45, 2.75) is 32.9 Å². The number of nitrogens with one attached hydrogen (secondary N) is 1. The van der Waals surface area contributed by atoms with Gasteiger partial charge in [0.1, 0.15) is 0 Å². The molecule has 0 saturated carbocycles. The summed E-state index contributed by atoms with van der Waals surface area (Å²) < 4.78 is 0. The highest BCUT2D eigenvalue weighted by Gasteiger charge is 2.25. The van der Waals surface area contributed by atoms with E-state index >= 15 is 0 Å². The lowest BCUT2D eigenvalue weighted by Gasteiger charge is -2.36. The van der Waals surface area contributed by atoms with E-state index in [9.17, 15) is 4.79 Å². The summed E-state index contributed by atoms with van der Waals surface area (Å²) in [6, 6.07) is 8.53. The van der Waals surface area contributed by atoms with Crippen LogP contribution in [0.1, 0.15) is 29.8 Å². The van der Waals surface area contributed by atoms with E-state index in [0.717, 1.165) is 24.2 Å². The largest absolute Gasteiger partial charge is 0.336 e. The van der Waals surface area contributed by atoms with E-state index in [1.807, 2.05) is 36.1 Å². The van der Waals surface area contributed by atoms with E-state index < -0.39 is 0 Å². The van der Waals surface area contributed by atoms with Crippen molar-refractivity contribution in [3.63, 3.8) is 0 Å². The minimum absolute atomic E-state index is 0.156. The summed E-state index contributed by atoms with van der Waals surface area (Å²) in [6.45, 7) is 7.80. The van der Waals surface area contributed by atoms with Crippen LogP contribution in [0.25, 0.3) is 0 Å². The molecule has 0 aliphatic carbocycles. The Kier molecular flexibility index (Phi) is 3.48. The molecule has 3 heteroatoms. The van der Waals surface area contributed by atoms with Gasteiger partial charge >= 0.3 is 0 Å². The molecule has 0 radical (unpaired) electrons. The molecule has 1 fully saturated rings. The van der Waals surface area contributed by atoms with Gasteiger partial charge in [0.15, 0.2) is 0 Å². The van der Waals surface area contributed by atoms with Crippen LogP contribution in [0.4, 0.5) is 0 Å². The fourth-order valence-electron chi connectivity index (χ4n) is 2.48. The number of nitrogens with zero attached hydrogens (tertiary/aromatic N) is 1. The van der Waals surface area contributed by atoms with E-state index in [0.29, 0.717) is 12.1 Å². The Morgan fingerprint density at radius 2 is 1.82 bits per heavy atom. The topological polar surface area (TPSA) is 32.3 Å². The maximum Gasteiger partial charge on any atom is 0.254 e. The number of amides is 1. The van der Waals surface area contributed by atoms with Gasteiger partial charge in [-0.25, -0.2) is 0 Å². The van der Waals surface area contributed by atoms with E-state index in [4.69, 9.17) is 0 Å². The summed E-state index contributed by atoms with van der Waals surface area (Å²) in [6.07, 6.45) is 0. The Labute approximate surface area is 103 Å². The quantitative estimate of drug-likeness (QED) is 0.801. The van der Waals surface area contributed by atoms with Gasteiger partial charge < -0.3 is 10.2 Å². The Morgan fingerprint density at radius 1 is 1.24 bits per heavy atom. The summed E-state index contributed by atoms with van der Waals surface area (Å²) in [5.74, 6) is 0.156. The van der Waals surface area contributed by atoms with Crippen LogP contribution in [0.15, 0.2) is 24.3 Å². The fraction of sp³-hybridized carbons (Fsp3) is 0.500. The van der Waals surface area contributed by atoms with Crippen molar-refractivity contribution >= 4 is 5.91 Å². The van der Waals surface area contributed by atoms with Crippen molar-refractivity contribution in [2.24, 2.45) is 0 Å². The van der Waals surface area contributed by atoms with Crippen LogP contribution in [-0.2, 0) is 0 Å². The lowest BCUT2D eigenvalue weighted by molar-refractivity contribution is 0.0673. The third-order valence-electron chi connectivity index (χ3n) is 3.22. The predicted octanol–water partition coefficient (Wildman–Crippen LogP) is 1.82. The zero-order valence-corrected chi connectivity index (χ0v) is 10.7.